The summed E-state index contributed by atoms with van der Waals surface area (Å²) in [5.74, 6) is 1.14. The molecule has 2 aliphatic rings. The smallest absolute Gasteiger partial charge is 0.227 e. The number of hydrogen-bond acceptors (Lipinski definition) is 5. The zero-order valence-corrected chi connectivity index (χ0v) is 15.6. The number of nitrogens with zero attached hydrogens (tertiary/aromatic N) is 4. The second kappa shape index (κ2) is 8.49. The molecule has 0 N–H and O–H groups in total. The van der Waals surface area contributed by atoms with Gasteiger partial charge in [0.25, 0.3) is 0 Å². The van der Waals surface area contributed by atoms with E-state index in [1.54, 1.807) is 18.2 Å². The average Bonchev–Trinajstić information content (AvgIpc) is 2.68. The van der Waals surface area contributed by atoms with Gasteiger partial charge in [0.05, 0.1) is 12.5 Å². The van der Waals surface area contributed by atoms with Crippen molar-refractivity contribution >= 4 is 17.6 Å². The Kier molecular flexibility index (Phi) is 6.08. The first-order valence-corrected chi connectivity index (χ1v) is 9.35. The third kappa shape index (κ3) is 3.98. The molecule has 7 heteroatoms. The van der Waals surface area contributed by atoms with Gasteiger partial charge < -0.3 is 19.4 Å². The van der Waals surface area contributed by atoms with E-state index < -0.39 is 0 Å². The van der Waals surface area contributed by atoms with Crippen LogP contribution in [-0.2, 0) is 14.3 Å². The molecule has 3 heterocycles. The number of piperazine rings is 1. The van der Waals surface area contributed by atoms with Crippen molar-refractivity contribution in [1.29, 1.82) is 0 Å². The van der Waals surface area contributed by atoms with E-state index in [4.69, 9.17) is 4.74 Å². The second-order valence-corrected chi connectivity index (χ2v) is 6.97. The van der Waals surface area contributed by atoms with Gasteiger partial charge in [0.2, 0.25) is 11.8 Å². The summed E-state index contributed by atoms with van der Waals surface area (Å²) < 4.78 is 5.11. The van der Waals surface area contributed by atoms with Crippen LogP contribution in [0.3, 0.4) is 0 Å². The van der Waals surface area contributed by atoms with Crippen molar-refractivity contribution in [3.8, 4) is 0 Å². The number of carbonyl (C=O) groups is 2. The van der Waals surface area contributed by atoms with E-state index in [1.165, 1.54) is 0 Å². The first-order valence-electron chi connectivity index (χ1n) is 9.35. The van der Waals surface area contributed by atoms with Gasteiger partial charge in [-0.05, 0) is 25.5 Å². The fraction of sp³-hybridized carbons (Fsp3) is 0.632. The fourth-order valence-corrected chi connectivity index (χ4v) is 3.89. The van der Waals surface area contributed by atoms with Gasteiger partial charge in [-0.2, -0.15) is 0 Å². The maximum Gasteiger partial charge on any atom is 0.227 e. The van der Waals surface area contributed by atoms with Crippen LogP contribution in [0, 0.1) is 5.92 Å². The van der Waals surface area contributed by atoms with Crippen LogP contribution in [-0.4, -0.2) is 79.1 Å². The maximum absolute atomic E-state index is 13.1. The zero-order valence-electron chi connectivity index (χ0n) is 15.6. The van der Waals surface area contributed by atoms with E-state index >= 15 is 0 Å². The van der Waals surface area contributed by atoms with Gasteiger partial charge in [0.1, 0.15) is 5.82 Å². The van der Waals surface area contributed by atoms with Crippen molar-refractivity contribution in [2.45, 2.75) is 25.8 Å². The molecule has 7 nitrogen and oxygen atoms in total. The van der Waals surface area contributed by atoms with Crippen molar-refractivity contribution < 1.29 is 14.3 Å². The summed E-state index contributed by atoms with van der Waals surface area (Å²) in [4.78, 5) is 35.6. The van der Waals surface area contributed by atoms with Crippen LogP contribution in [0.25, 0.3) is 0 Å². The monoisotopic (exact) mass is 360 g/mol. The highest BCUT2D eigenvalue weighted by Gasteiger charge is 2.39. The Balaban J connectivity index is 1.58. The molecule has 0 aliphatic carbocycles. The van der Waals surface area contributed by atoms with Crippen molar-refractivity contribution in [3.63, 3.8) is 0 Å². The predicted molar refractivity (Wildman–Crippen MR) is 98.8 cm³/mol. The van der Waals surface area contributed by atoms with Gasteiger partial charge in [-0.15, -0.1) is 0 Å². The average molecular weight is 360 g/mol. The Morgan fingerprint density at radius 2 is 2.04 bits per heavy atom. The van der Waals surface area contributed by atoms with Crippen molar-refractivity contribution in [2.75, 3.05) is 51.3 Å². The lowest BCUT2D eigenvalue weighted by Gasteiger charge is -2.42. The number of pyridine rings is 1. The van der Waals surface area contributed by atoms with Gasteiger partial charge in [0, 0.05) is 58.5 Å². The molecule has 1 aromatic heterocycles. The minimum Gasteiger partial charge on any atom is -0.383 e. The number of carbonyl (C=O) groups excluding carboxylic acids is 2. The largest absolute Gasteiger partial charge is 0.383 e. The standard InChI is InChI=1S/C19H28N4O3/c1-15-16(6-7-18(24)23(15)13-14-26-2)19(25)22-11-9-21(10-12-22)17-5-3-4-8-20-17/h3-5,8,15-16H,6-7,9-14H2,1-2H3/t15-,16-/m1/s1. The van der Waals surface area contributed by atoms with Crippen LogP contribution in [0.15, 0.2) is 24.4 Å². The maximum atomic E-state index is 13.1. The van der Waals surface area contributed by atoms with E-state index in [-0.39, 0.29) is 23.8 Å². The summed E-state index contributed by atoms with van der Waals surface area (Å²) >= 11 is 0. The van der Waals surface area contributed by atoms with Crippen molar-refractivity contribution in [2.24, 2.45) is 5.92 Å². The highest BCUT2D eigenvalue weighted by atomic mass is 16.5. The van der Waals surface area contributed by atoms with E-state index in [2.05, 4.69) is 9.88 Å². The molecule has 1 aromatic rings. The molecule has 0 spiro atoms. The number of anilines is 1. The summed E-state index contributed by atoms with van der Waals surface area (Å²) in [6, 6.07) is 5.81. The SMILES string of the molecule is COCCN1C(=O)CC[C@@H](C(=O)N2CCN(c3ccccn3)CC2)[C@H]1C. The Bertz CT molecular complexity index is 616. The number of aromatic nitrogens is 1. The number of rotatable bonds is 5. The molecule has 2 amide bonds. The highest BCUT2D eigenvalue weighted by molar-refractivity contribution is 5.84. The number of methoxy groups -OCH3 is 1. The summed E-state index contributed by atoms with van der Waals surface area (Å²) in [5.41, 5.74) is 0. The molecule has 2 fully saturated rings. The molecule has 2 saturated heterocycles. The molecule has 2 aliphatic heterocycles. The van der Waals surface area contributed by atoms with E-state index in [0.717, 1.165) is 18.9 Å². The second-order valence-electron chi connectivity index (χ2n) is 6.97. The van der Waals surface area contributed by atoms with Gasteiger partial charge in [-0.1, -0.05) is 6.07 Å². The Morgan fingerprint density at radius 1 is 1.27 bits per heavy atom. The molecule has 3 rings (SSSR count). The number of piperidine rings is 1. The minimum atomic E-state index is -0.119. The van der Waals surface area contributed by atoms with Crippen molar-refractivity contribution in [3.05, 3.63) is 24.4 Å². The van der Waals surface area contributed by atoms with Crippen LogP contribution in [0.2, 0.25) is 0 Å². The first-order chi connectivity index (χ1) is 12.6. The predicted octanol–water partition coefficient (Wildman–Crippen LogP) is 1.00. The topological polar surface area (TPSA) is 66.0 Å². The van der Waals surface area contributed by atoms with E-state index in [9.17, 15) is 9.59 Å². The summed E-state index contributed by atoms with van der Waals surface area (Å²) in [5, 5.41) is 0. The molecule has 0 unspecified atom stereocenters. The van der Waals surface area contributed by atoms with Crippen LogP contribution in [0.5, 0.6) is 0 Å². The number of amides is 2. The number of hydrogen-bond donors (Lipinski definition) is 0. The van der Waals surface area contributed by atoms with Gasteiger partial charge in [-0.25, -0.2) is 4.98 Å². The van der Waals surface area contributed by atoms with Gasteiger partial charge >= 0.3 is 0 Å². The normalized spacial score (nSPS) is 24.1. The first kappa shape index (κ1) is 18.6. The molecular formula is C19H28N4O3. The Labute approximate surface area is 154 Å². The van der Waals surface area contributed by atoms with Crippen LogP contribution < -0.4 is 4.90 Å². The summed E-state index contributed by atoms with van der Waals surface area (Å²) in [6.07, 6.45) is 2.88. The molecular weight excluding hydrogens is 332 g/mol. The lowest BCUT2D eigenvalue weighted by atomic mass is 9.88. The lowest BCUT2D eigenvalue weighted by Crippen LogP contribution is -2.56. The number of ether oxygens (including phenoxy) is 1. The molecule has 26 heavy (non-hydrogen) atoms. The molecule has 0 radical (unpaired) electrons. The summed E-state index contributed by atoms with van der Waals surface area (Å²) in [7, 11) is 1.63. The van der Waals surface area contributed by atoms with Crippen molar-refractivity contribution in [1.82, 2.24) is 14.8 Å². The zero-order chi connectivity index (χ0) is 18.5. The van der Waals surface area contributed by atoms with Gasteiger partial charge in [-0.3, -0.25) is 9.59 Å². The van der Waals surface area contributed by atoms with Crippen LogP contribution in [0.4, 0.5) is 5.82 Å². The van der Waals surface area contributed by atoms with E-state index in [0.29, 0.717) is 39.1 Å². The minimum absolute atomic E-state index is 0.0762. The van der Waals surface area contributed by atoms with Crippen LogP contribution >= 0.6 is 0 Å². The van der Waals surface area contributed by atoms with Gasteiger partial charge in [0.15, 0.2) is 0 Å². The molecule has 0 saturated carbocycles. The molecule has 142 valence electrons. The Hall–Kier alpha value is -2.15. The lowest BCUT2D eigenvalue weighted by molar-refractivity contribution is -0.147. The molecule has 0 aromatic carbocycles. The molecule has 0 bridgehead atoms. The number of likely N-dealkylation sites (tertiary alicyclic amines) is 1. The highest BCUT2D eigenvalue weighted by Crippen LogP contribution is 2.27. The summed E-state index contributed by atoms with van der Waals surface area (Å²) in [6.45, 7) is 6.01. The fourth-order valence-electron chi connectivity index (χ4n) is 3.89. The molecule has 2 atom stereocenters. The van der Waals surface area contributed by atoms with Crippen LogP contribution in [0.1, 0.15) is 19.8 Å². The van der Waals surface area contributed by atoms with E-state index in [1.807, 2.05) is 30.0 Å². The Morgan fingerprint density at radius 3 is 2.69 bits per heavy atom. The third-order valence-electron chi connectivity index (χ3n) is 5.48. The third-order valence-corrected chi connectivity index (χ3v) is 5.48. The quantitative estimate of drug-likeness (QED) is 0.784.